The van der Waals surface area contributed by atoms with Crippen LogP contribution in [0.3, 0.4) is 0 Å². The van der Waals surface area contributed by atoms with Gasteiger partial charge in [-0.05, 0) is 170 Å². The van der Waals surface area contributed by atoms with Crippen LogP contribution >= 0.6 is 0 Å². The molecule has 21 rings (SSSR count). The Morgan fingerprint density at radius 2 is 0.523 bits per heavy atom. The Balaban J connectivity index is 0.913. The van der Waals surface area contributed by atoms with Gasteiger partial charge in [0.05, 0.1) is 55.5 Å². The second-order valence-corrected chi connectivity index (χ2v) is 33.3. The van der Waals surface area contributed by atoms with Gasteiger partial charge in [-0.1, -0.05) is 281 Å². The second kappa shape index (κ2) is 23.8. The molecule has 109 heavy (non-hydrogen) atoms. The minimum Gasteiger partial charge on any atom is -0.311 e. The highest BCUT2D eigenvalue weighted by Gasteiger charge is 2.46. The first-order valence-corrected chi connectivity index (χ1v) is 38.5. The number of anilines is 6. The maximum absolute atomic E-state index is 2.69. The lowest BCUT2D eigenvalue weighted by molar-refractivity contribution is 0.590. The van der Waals surface area contributed by atoms with Gasteiger partial charge in [0.1, 0.15) is 0 Å². The molecule has 0 saturated carbocycles. The van der Waals surface area contributed by atoms with Crippen molar-refractivity contribution in [3.63, 3.8) is 0 Å². The van der Waals surface area contributed by atoms with Crippen molar-refractivity contribution in [3.05, 3.63) is 344 Å². The molecule has 15 aromatic carbocycles. The maximum Gasteiger partial charge on any atom is 0.252 e. The van der Waals surface area contributed by atoms with Crippen LogP contribution in [0.1, 0.15) is 79.0 Å². The highest BCUT2D eigenvalue weighted by atomic mass is 15.2. The molecular formula is C102H81BN6. The molecule has 0 fully saturated rings. The molecule has 7 heteroatoms. The largest absolute Gasteiger partial charge is 0.311 e. The number of aromatic nitrogens is 4. The standard InChI is InChI=1S/C102H81BN6/c1-100(2,3)66-46-56-89(81(58-66)64-30-14-10-15-31-64)108-91-62-71(106-87-44-28-24-40-75(87)79-52-50-77-73-38-22-26-42-85(73)104(96(77)98(79)106)69-34-18-12-19-35-69)48-54-83(91)103-84-55-49-72(107-88-45-29-25-41-76(88)80-53-51-78-74-39-23-27-43-86(74)105(97(78)99(80)107)70-36-20-13-21-37-70)63-92(84)109(94-61-68(102(7,8)9)60-93(108)95(94)103)90-57-47-67(101(4,5)6)59-82(90)65-32-16-11-17-33-65/h10-63H,1-9H3. The van der Waals surface area contributed by atoms with Crippen LogP contribution in [0.5, 0.6) is 0 Å². The van der Waals surface area contributed by atoms with Gasteiger partial charge in [-0.25, -0.2) is 0 Å². The molecule has 0 bridgehead atoms. The summed E-state index contributed by atoms with van der Waals surface area (Å²) in [5.41, 5.74) is 32.2. The molecule has 0 saturated heterocycles. The van der Waals surface area contributed by atoms with Crippen molar-refractivity contribution in [2.45, 2.75) is 78.6 Å². The van der Waals surface area contributed by atoms with E-state index < -0.39 is 0 Å². The highest BCUT2D eigenvalue weighted by molar-refractivity contribution is 7.00. The summed E-state index contributed by atoms with van der Waals surface area (Å²) < 4.78 is 10.2. The first kappa shape index (κ1) is 64.5. The van der Waals surface area contributed by atoms with Gasteiger partial charge in [0.15, 0.2) is 0 Å². The van der Waals surface area contributed by atoms with Crippen molar-refractivity contribution in [1.82, 2.24) is 18.3 Å². The third kappa shape index (κ3) is 9.74. The molecule has 0 spiro atoms. The van der Waals surface area contributed by atoms with Gasteiger partial charge in [0, 0.05) is 99.7 Å². The summed E-state index contributed by atoms with van der Waals surface area (Å²) in [5, 5.41) is 9.71. The Morgan fingerprint density at radius 1 is 0.220 bits per heavy atom. The van der Waals surface area contributed by atoms with Crippen molar-refractivity contribution in [2.75, 3.05) is 9.80 Å². The fraction of sp³-hybridized carbons (Fsp3) is 0.118. The predicted octanol–water partition coefficient (Wildman–Crippen LogP) is 25.4. The van der Waals surface area contributed by atoms with Gasteiger partial charge >= 0.3 is 0 Å². The van der Waals surface area contributed by atoms with E-state index in [4.69, 9.17) is 0 Å². The molecule has 2 aliphatic heterocycles. The number of rotatable bonds is 8. The molecule has 6 nitrogen and oxygen atoms in total. The van der Waals surface area contributed by atoms with Gasteiger partial charge < -0.3 is 28.1 Å². The smallest absolute Gasteiger partial charge is 0.252 e. The summed E-state index contributed by atoms with van der Waals surface area (Å²) in [4.78, 5) is 5.38. The molecule has 522 valence electrons. The monoisotopic (exact) mass is 1400 g/mol. The lowest BCUT2D eigenvalue weighted by atomic mass is 9.33. The minimum absolute atomic E-state index is 0.136. The Hall–Kier alpha value is -12.8. The number of para-hydroxylation sites is 6. The van der Waals surface area contributed by atoms with Crippen molar-refractivity contribution in [2.24, 2.45) is 0 Å². The Labute approximate surface area is 636 Å². The van der Waals surface area contributed by atoms with Crippen LogP contribution in [0.2, 0.25) is 0 Å². The van der Waals surface area contributed by atoms with E-state index in [0.29, 0.717) is 0 Å². The summed E-state index contributed by atoms with van der Waals surface area (Å²) in [5.74, 6) is 0. The number of nitrogens with zero attached hydrogens (tertiary/aromatic N) is 6. The third-order valence-corrected chi connectivity index (χ3v) is 23.8. The van der Waals surface area contributed by atoms with Gasteiger partial charge in [0.2, 0.25) is 0 Å². The van der Waals surface area contributed by atoms with Crippen molar-refractivity contribution in [1.29, 1.82) is 0 Å². The Bertz CT molecular complexity index is 6560. The van der Waals surface area contributed by atoms with Crippen LogP contribution < -0.4 is 26.2 Å². The zero-order valence-corrected chi connectivity index (χ0v) is 62.9. The molecule has 4 aromatic heterocycles. The SMILES string of the molecule is CC(C)(C)c1ccc(N2c3cc(-n4c5ccccc5c5ccc6c7ccccc7n(-c7ccccc7)c6c54)ccc3B3c4ccc(-n5c6ccccc6c6ccc7c8ccccc8n(-c8ccccc8)c7c65)cc4N(c4ccc(C(C)(C)C)cc4-c4ccccc4)c4cc(C(C)(C)C)cc2c43)c(-c2ccccc2)c1. The summed E-state index contributed by atoms with van der Waals surface area (Å²) in [6.45, 7) is 21.0. The fourth-order valence-electron chi connectivity index (χ4n) is 18.5. The quantitative estimate of drug-likeness (QED) is 0.142. The molecular weight excluding hydrogens is 1320 g/mol. The van der Waals surface area contributed by atoms with E-state index in [0.717, 1.165) is 67.9 Å². The molecule has 6 heterocycles. The number of benzene rings is 15. The molecule has 19 aromatic rings. The van der Waals surface area contributed by atoms with Gasteiger partial charge in [-0.2, -0.15) is 0 Å². The molecule has 0 amide bonds. The molecule has 0 N–H and O–H groups in total. The third-order valence-electron chi connectivity index (χ3n) is 23.8. The van der Waals surface area contributed by atoms with Crippen LogP contribution in [0.4, 0.5) is 34.1 Å². The van der Waals surface area contributed by atoms with Crippen LogP contribution in [-0.4, -0.2) is 25.0 Å². The van der Waals surface area contributed by atoms with E-state index in [-0.39, 0.29) is 23.0 Å². The fourth-order valence-corrected chi connectivity index (χ4v) is 18.5. The van der Waals surface area contributed by atoms with Crippen molar-refractivity contribution >= 4 is 144 Å². The van der Waals surface area contributed by atoms with E-state index >= 15 is 0 Å². The van der Waals surface area contributed by atoms with E-state index in [1.165, 1.54) is 132 Å². The molecule has 0 aliphatic carbocycles. The average molecular weight is 1400 g/mol. The lowest BCUT2D eigenvalue weighted by Gasteiger charge is -2.46. The van der Waals surface area contributed by atoms with Crippen LogP contribution in [0.25, 0.3) is 132 Å². The van der Waals surface area contributed by atoms with Crippen LogP contribution in [0, 0.1) is 0 Å². The summed E-state index contributed by atoms with van der Waals surface area (Å²) in [6, 6.07) is 125. The summed E-state index contributed by atoms with van der Waals surface area (Å²) in [7, 11) is 0. The van der Waals surface area contributed by atoms with Crippen molar-refractivity contribution < 1.29 is 0 Å². The number of fused-ring (bicyclic) bond motifs is 18. The average Bonchev–Trinajstić information content (AvgIpc) is 1.25. The Morgan fingerprint density at radius 3 is 0.853 bits per heavy atom. The van der Waals surface area contributed by atoms with Gasteiger partial charge in [0.25, 0.3) is 6.71 Å². The second-order valence-electron chi connectivity index (χ2n) is 33.3. The molecule has 0 unspecified atom stereocenters. The van der Waals surface area contributed by atoms with Crippen molar-refractivity contribution in [3.8, 4) is 45.0 Å². The van der Waals surface area contributed by atoms with Crippen LogP contribution in [0.15, 0.2) is 328 Å². The van der Waals surface area contributed by atoms with E-state index in [9.17, 15) is 0 Å². The first-order valence-electron chi connectivity index (χ1n) is 38.5. The van der Waals surface area contributed by atoms with E-state index in [2.05, 4.69) is 418 Å². The lowest BCUT2D eigenvalue weighted by Crippen LogP contribution is -2.61. The highest BCUT2D eigenvalue weighted by Crippen LogP contribution is 2.53. The van der Waals surface area contributed by atoms with Gasteiger partial charge in [-0.3, -0.25) is 0 Å². The number of hydrogen-bond donors (Lipinski definition) is 0. The Kier molecular flexibility index (Phi) is 14.1. The van der Waals surface area contributed by atoms with Crippen LogP contribution in [-0.2, 0) is 16.2 Å². The predicted molar refractivity (Wildman–Crippen MR) is 465 cm³/mol. The molecule has 2 aliphatic rings. The molecule has 0 atom stereocenters. The zero-order valence-electron chi connectivity index (χ0n) is 62.9. The topological polar surface area (TPSA) is 26.2 Å². The van der Waals surface area contributed by atoms with E-state index in [1.54, 1.807) is 0 Å². The maximum atomic E-state index is 2.69. The summed E-state index contributed by atoms with van der Waals surface area (Å²) >= 11 is 0. The van der Waals surface area contributed by atoms with E-state index in [1.807, 2.05) is 0 Å². The normalized spacial score (nSPS) is 13.1. The zero-order chi connectivity index (χ0) is 73.5. The summed E-state index contributed by atoms with van der Waals surface area (Å²) in [6.07, 6.45) is 0. The minimum atomic E-state index is -0.309. The van der Waals surface area contributed by atoms with Gasteiger partial charge in [-0.15, -0.1) is 0 Å². The molecule has 0 radical (unpaired) electrons. The number of hydrogen-bond acceptors (Lipinski definition) is 2. The first-order chi connectivity index (χ1) is 53.0.